The van der Waals surface area contributed by atoms with Crippen LogP contribution in [0.1, 0.15) is 99.9 Å². The van der Waals surface area contributed by atoms with Gasteiger partial charge in [-0.25, -0.2) is 0 Å². The van der Waals surface area contributed by atoms with Gasteiger partial charge in [-0.3, -0.25) is 0 Å². The molecule has 0 aliphatic heterocycles. The molecule has 0 fully saturated rings. The third-order valence-corrected chi connectivity index (χ3v) is 16.4. The molecule has 2 aliphatic carbocycles. The normalized spacial score (nSPS) is 14.4. The van der Waals surface area contributed by atoms with Gasteiger partial charge in [0, 0.05) is 42.5 Å². The van der Waals surface area contributed by atoms with Gasteiger partial charge in [0.05, 0.1) is 11.1 Å². The van der Waals surface area contributed by atoms with Gasteiger partial charge in [-0.1, -0.05) is 213 Å². The van der Waals surface area contributed by atoms with Gasteiger partial charge >= 0.3 is 0 Å². The van der Waals surface area contributed by atoms with Crippen molar-refractivity contribution in [3.63, 3.8) is 0 Å². The maximum Gasteiger partial charge on any atom is 0.0714 e. The number of para-hydroxylation sites is 1. The zero-order valence-electron chi connectivity index (χ0n) is 40.4. The molecule has 0 saturated heterocycles. The minimum atomic E-state index is -0.534. The zero-order valence-corrected chi connectivity index (χ0v) is 41.2. The highest BCUT2D eigenvalue weighted by Gasteiger charge is 2.47. The lowest BCUT2D eigenvalue weighted by atomic mass is 9.67. The van der Waals surface area contributed by atoms with E-state index in [-0.39, 0.29) is 16.2 Å². The van der Waals surface area contributed by atoms with Gasteiger partial charge in [0.15, 0.2) is 0 Å². The second kappa shape index (κ2) is 15.3. The van der Waals surface area contributed by atoms with E-state index in [2.05, 4.69) is 260 Å². The second-order valence-corrected chi connectivity index (χ2v) is 22.8. The molecule has 0 unspecified atom stereocenters. The average molecular weight is 896 g/mol. The number of hydrogen-bond acceptors (Lipinski definition) is 2. The molecule has 0 atom stereocenters. The van der Waals surface area contributed by atoms with E-state index in [9.17, 15) is 0 Å². The van der Waals surface area contributed by atoms with Gasteiger partial charge in [0.1, 0.15) is 0 Å². The first kappa shape index (κ1) is 42.4. The standard InChI is InChI=1S/C66H57NS/c1-63(2,3)44-38-56(64(4,5)6)62-57(39-44)65(7,8)54-31-21-29-51(61(54)62)49-27-16-19-32-58(49)67(45-35-37-60-52(40-45)50-28-17-20-33-59(50)68-60)46-34-36-48-47-26-15-18-30-53(47)66(55(48)41-46,42-22-11-9-12-23-42)43-24-13-10-14-25-43/h9-41H,1-8H3. The number of nitrogens with zero attached hydrogens (tertiary/aromatic N) is 1. The zero-order chi connectivity index (χ0) is 46.7. The molecule has 1 heterocycles. The van der Waals surface area contributed by atoms with Crippen LogP contribution in [0.3, 0.4) is 0 Å². The van der Waals surface area contributed by atoms with Gasteiger partial charge in [-0.2, -0.15) is 0 Å². The van der Waals surface area contributed by atoms with Crippen molar-refractivity contribution >= 4 is 48.6 Å². The van der Waals surface area contributed by atoms with E-state index in [0.29, 0.717) is 0 Å². The van der Waals surface area contributed by atoms with Crippen LogP contribution in [0, 0.1) is 0 Å². The van der Waals surface area contributed by atoms with E-state index in [1.807, 2.05) is 11.3 Å². The van der Waals surface area contributed by atoms with Gasteiger partial charge in [0.25, 0.3) is 0 Å². The summed E-state index contributed by atoms with van der Waals surface area (Å²) in [5, 5.41) is 2.58. The molecule has 0 radical (unpaired) electrons. The van der Waals surface area contributed by atoms with Crippen LogP contribution in [0.5, 0.6) is 0 Å². The quantitative estimate of drug-likeness (QED) is 0.161. The Morgan fingerprint density at radius 3 is 1.69 bits per heavy atom. The molecule has 2 aliphatic rings. The third kappa shape index (κ3) is 6.26. The van der Waals surface area contributed by atoms with Crippen molar-refractivity contribution in [2.75, 3.05) is 4.90 Å². The first-order valence-electron chi connectivity index (χ1n) is 24.3. The van der Waals surface area contributed by atoms with Crippen LogP contribution in [0.15, 0.2) is 200 Å². The van der Waals surface area contributed by atoms with E-state index in [0.717, 1.165) is 17.1 Å². The summed E-state index contributed by atoms with van der Waals surface area (Å²) >= 11 is 1.87. The predicted octanol–water partition coefficient (Wildman–Crippen LogP) is 18.5. The van der Waals surface area contributed by atoms with Crippen LogP contribution in [-0.4, -0.2) is 0 Å². The smallest absolute Gasteiger partial charge is 0.0714 e. The maximum atomic E-state index is 2.55. The Labute approximate surface area is 406 Å². The van der Waals surface area contributed by atoms with Crippen molar-refractivity contribution in [3.05, 3.63) is 245 Å². The molecule has 9 aromatic carbocycles. The number of hydrogen-bond donors (Lipinski definition) is 0. The summed E-state index contributed by atoms with van der Waals surface area (Å²) in [7, 11) is 0. The molecular formula is C66H57NS. The molecule has 1 aromatic heterocycles. The number of fused-ring (bicyclic) bond motifs is 9. The van der Waals surface area contributed by atoms with E-state index in [1.165, 1.54) is 98.1 Å². The average Bonchev–Trinajstić information content (AvgIpc) is 3.95. The molecule has 332 valence electrons. The predicted molar refractivity (Wildman–Crippen MR) is 292 cm³/mol. The Hall–Kier alpha value is -7.00. The fraction of sp³-hybridized carbons (Fsp3) is 0.182. The van der Waals surface area contributed by atoms with Crippen LogP contribution >= 0.6 is 11.3 Å². The van der Waals surface area contributed by atoms with Crippen molar-refractivity contribution in [2.45, 2.75) is 77.0 Å². The summed E-state index contributed by atoms with van der Waals surface area (Å²) in [5.74, 6) is 0. The van der Waals surface area contributed by atoms with Gasteiger partial charge in [0.2, 0.25) is 0 Å². The van der Waals surface area contributed by atoms with E-state index < -0.39 is 5.41 Å². The van der Waals surface area contributed by atoms with Crippen molar-refractivity contribution in [1.82, 2.24) is 0 Å². The molecule has 0 amide bonds. The lowest BCUT2D eigenvalue weighted by Crippen LogP contribution is -2.28. The van der Waals surface area contributed by atoms with Crippen molar-refractivity contribution in [1.29, 1.82) is 0 Å². The van der Waals surface area contributed by atoms with E-state index >= 15 is 0 Å². The van der Waals surface area contributed by atoms with Gasteiger partial charge < -0.3 is 4.90 Å². The minimum Gasteiger partial charge on any atom is -0.310 e. The van der Waals surface area contributed by atoms with Crippen LogP contribution in [0.2, 0.25) is 0 Å². The number of thiophene rings is 1. The van der Waals surface area contributed by atoms with Crippen LogP contribution in [0.4, 0.5) is 17.1 Å². The largest absolute Gasteiger partial charge is 0.310 e. The van der Waals surface area contributed by atoms with Crippen LogP contribution in [-0.2, 0) is 21.7 Å². The molecule has 12 rings (SSSR count). The summed E-state index contributed by atoms with van der Waals surface area (Å²) in [6.07, 6.45) is 0. The summed E-state index contributed by atoms with van der Waals surface area (Å²) < 4.78 is 2.60. The number of benzene rings is 9. The summed E-state index contributed by atoms with van der Waals surface area (Å²) in [6.45, 7) is 19.1. The molecule has 1 nitrogen and oxygen atoms in total. The van der Waals surface area contributed by atoms with Gasteiger partial charge in [-0.05, 0) is 126 Å². The van der Waals surface area contributed by atoms with E-state index in [1.54, 1.807) is 0 Å². The van der Waals surface area contributed by atoms with E-state index in [4.69, 9.17) is 0 Å². The Morgan fingerprint density at radius 2 is 0.971 bits per heavy atom. The summed E-state index contributed by atoms with van der Waals surface area (Å²) in [4.78, 5) is 2.55. The number of rotatable bonds is 6. The Bertz CT molecular complexity index is 3570. The topological polar surface area (TPSA) is 3.24 Å². The maximum absolute atomic E-state index is 2.55. The molecule has 0 saturated carbocycles. The number of anilines is 3. The SMILES string of the molecule is CC(C)(C)c1cc(C(C)(C)C)c2c(c1)C(C)(C)c1cccc(-c3ccccc3N(c3ccc4c(c3)C(c3ccccc3)(c3ccccc3)c3ccccc3-4)c3ccc4sc5ccccc5c4c3)c1-2. The molecule has 0 N–H and O–H groups in total. The Kier molecular flexibility index (Phi) is 9.50. The minimum absolute atomic E-state index is 0.0144. The highest BCUT2D eigenvalue weighted by molar-refractivity contribution is 7.25. The molecule has 0 spiro atoms. The monoisotopic (exact) mass is 895 g/mol. The lowest BCUT2D eigenvalue weighted by molar-refractivity contribution is 0.564. The highest BCUT2D eigenvalue weighted by Crippen LogP contribution is 2.60. The first-order valence-corrected chi connectivity index (χ1v) is 25.1. The Balaban J connectivity index is 1.15. The van der Waals surface area contributed by atoms with Crippen molar-refractivity contribution < 1.29 is 0 Å². The second-order valence-electron chi connectivity index (χ2n) is 21.7. The summed E-state index contributed by atoms with van der Waals surface area (Å²) in [6, 6.07) is 76.0. The molecule has 10 aromatic rings. The highest BCUT2D eigenvalue weighted by atomic mass is 32.1. The molecule has 68 heavy (non-hydrogen) atoms. The fourth-order valence-electron chi connectivity index (χ4n) is 11.9. The first-order chi connectivity index (χ1) is 32.8. The van der Waals surface area contributed by atoms with Crippen LogP contribution in [0.25, 0.3) is 53.6 Å². The fourth-order valence-corrected chi connectivity index (χ4v) is 13.0. The van der Waals surface area contributed by atoms with Crippen molar-refractivity contribution in [2.24, 2.45) is 0 Å². The van der Waals surface area contributed by atoms with Gasteiger partial charge in [-0.15, -0.1) is 11.3 Å². The molecule has 2 heteroatoms. The Morgan fingerprint density at radius 1 is 0.397 bits per heavy atom. The molecule has 0 bridgehead atoms. The molecular weight excluding hydrogens is 839 g/mol. The third-order valence-electron chi connectivity index (χ3n) is 15.2. The van der Waals surface area contributed by atoms with Crippen LogP contribution < -0.4 is 4.90 Å². The summed E-state index contributed by atoms with van der Waals surface area (Å²) in [5.41, 5.74) is 21.2. The van der Waals surface area contributed by atoms with Crippen molar-refractivity contribution in [3.8, 4) is 33.4 Å². The lowest BCUT2D eigenvalue weighted by Gasteiger charge is -2.35.